The molecular formula is C16H26N2O2. The SMILES string of the molecule is CCC(N)Cc1ccccc1OCC(=O)NC(C)CC. The maximum atomic E-state index is 11.7. The van der Waals surface area contributed by atoms with Crippen molar-refractivity contribution in [3.8, 4) is 5.75 Å². The van der Waals surface area contributed by atoms with Crippen LogP contribution in [0.1, 0.15) is 39.2 Å². The Hall–Kier alpha value is -1.55. The van der Waals surface area contributed by atoms with Crippen molar-refractivity contribution in [1.82, 2.24) is 5.32 Å². The highest BCUT2D eigenvalue weighted by Crippen LogP contribution is 2.19. The number of ether oxygens (including phenoxy) is 1. The van der Waals surface area contributed by atoms with E-state index < -0.39 is 0 Å². The summed E-state index contributed by atoms with van der Waals surface area (Å²) in [6.07, 6.45) is 2.59. The fraction of sp³-hybridized carbons (Fsp3) is 0.562. The van der Waals surface area contributed by atoms with Crippen molar-refractivity contribution in [2.75, 3.05) is 6.61 Å². The number of carbonyl (C=O) groups excluding carboxylic acids is 1. The lowest BCUT2D eigenvalue weighted by atomic mass is 10.0. The van der Waals surface area contributed by atoms with Gasteiger partial charge in [-0.15, -0.1) is 0 Å². The van der Waals surface area contributed by atoms with E-state index in [-0.39, 0.29) is 24.6 Å². The maximum absolute atomic E-state index is 11.7. The molecule has 0 aromatic heterocycles. The van der Waals surface area contributed by atoms with Gasteiger partial charge in [-0.3, -0.25) is 4.79 Å². The summed E-state index contributed by atoms with van der Waals surface area (Å²) in [5.74, 6) is 0.657. The van der Waals surface area contributed by atoms with Gasteiger partial charge in [0.25, 0.3) is 5.91 Å². The summed E-state index contributed by atoms with van der Waals surface area (Å²) >= 11 is 0. The van der Waals surface area contributed by atoms with Gasteiger partial charge in [-0.05, 0) is 37.8 Å². The minimum absolute atomic E-state index is 0.0444. The Morgan fingerprint density at radius 3 is 2.65 bits per heavy atom. The Morgan fingerprint density at radius 1 is 1.30 bits per heavy atom. The van der Waals surface area contributed by atoms with Crippen LogP contribution < -0.4 is 15.8 Å². The van der Waals surface area contributed by atoms with E-state index in [4.69, 9.17) is 10.5 Å². The highest BCUT2D eigenvalue weighted by Gasteiger charge is 2.10. The number of nitrogens with two attached hydrogens (primary N) is 1. The molecule has 112 valence electrons. The lowest BCUT2D eigenvalue weighted by molar-refractivity contribution is -0.123. The Balaban J connectivity index is 2.57. The van der Waals surface area contributed by atoms with Gasteiger partial charge in [0.2, 0.25) is 0 Å². The zero-order valence-electron chi connectivity index (χ0n) is 12.7. The van der Waals surface area contributed by atoms with Crippen LogP contribution in [0.15, 0.2) is 24.3 Å². The topological polar surface area (TPSA) is 64.3 Å². The summed E-state index contributed by atoms with van der Waals surface area (Å²) in [7, 11) is 0. The molecule has 4 heteroatoms. The van der Waals surface area contributed by atoms with Gasteiger partial charge in [0, 0.05) is 12.1 Å². The molecule has 0 fully saturated rings. The highest BCUT2D eigenvalue weighted by atomic mass is 16.5. The monoisotopic (exact) mass is 278 g/mol. The van der Waals surface area contributed by atoms with Gasteiger partial charge in [-0.25, -0.2) is 0 Å². The second-order valence-corrected chi connectivity index (χ2v) is 5.15. The average Bonchev–Trinajstić information content (AvgIpc) is 2.46. The molecule has 4 nitrogen and oxygen atoms in total. The molecule has 1 amide bonds. The second-order valence-electron chi connectivity index (χ2n) is 5.15. The predicted octanol–water partition coefficient (Wildman–Crippen LogP) is 2.26. The van der Waals surface area contributed by atoms with Crippen molar-refractivity contribution in [2.24, 2.45) is 5.73 Å². The molecule has 0 saturated carbocycles. The number of para-hydroxylation sites is 1. The van der Waals surface area contributed by atoms with Gasteiger partial charge in [0.15, 0.2) is 6.61 Å². The zero-order chi connectivity index (χ0) is 15.0. The zero-order valence-corrected chi connectivity index (χ0v) is 12.7. The number of amides is 1. The van der Waals surface area contributed by atoms with Gasteiger partial charge in [-0.2, -0.15) is 0 Å². The smallest absolute Gasteiger partial charge is 0.258 e. The second kappa shape index (κ2) is 8.59. The van der Waals surface area contributed by atoms with E-state index in [0.29, 0.717) is 0 Å². The molecule has 0 aliphatic heterocycles. The first-order valence-electron chi connectivity index (χ1n) is 7.32. The Morgan fingerprint density at radius 2 is 2.00 bits per heavy atom. The first-order valence-corrected chi connectivity index (χ1v) is 7.32. The molecule has 0 aliphatic rings. The number of hydrogen-bond donors (Lipinski definition) is 2. The van der Waals surface area contributed by atoms with Crippen molar-refractivity contribution in [3.63, 3.8) is 0 Å². The van der Waals surface area contributed by atoms with Gasteiger partial charge in [0.1, 0.15) is 5.75 Å². The van der Waals surface area contributed by atoms with Crippen LogP contribution >= 0.6 is 0 Å². The molecule has 1 rings (SSSR count). The third-order valence-corrected chi connectivity index (χ3v) is 3.36. The standard InChI is InChI=1S/C16H26N2O2/c1-4-12(3)18-16(19)11-20-15-9-7-6-8-13(15)10-14(17)5-2/h6-9,12,14H,4-5,10-11,17H2,1-3H3,(H,18,19). The largest absolute Gasteiger partial charge is 0.483 e. The molecule has 1 aromatic rings. The lowest BCUT2D eigenvalue weighted by Crippen LogP contribution is -2.35. The van der Waals surface area contributed by atoms with Gasteiger partial charge >= 0.3 is 0 Å². The Bertz CT molecular complexity index is 421. The average molecular weight is 278 g/mol. The fourth-order valence-electron chi connectivity index (χ4n) is 1.80. The van der Waals surface area contributed by atoms with Crippen LogP contribution in [0.4, 0.5) is 0 Å². The Kier molecular flexibility index (Phi) is 7.09. The molecule has 2 unspecified atom stereocenters. The van der Waals surface area contributed by atoms with Crippen molar-refractivity contribution in [3.05, 3.63) is 29.8 Å². The predicted molar refractivity (Wildman–Crippen MR) is 81.8 cm³/mol. The van der Waals surface area contributed by atoms with Crippen molar-refractivity contribution in [2.45, 2.75) is 52.1 Å². The van der Waals surface area contributed by atoms with Crippen molar-refractivity contribution < 1.29 is 9.53 Å². The molecule has 1 aromatic carbocycles. The maximum Gasteiger partial charge on any atom is 0.258 e. The molecule has 0 aliphatic carbocycles. The Labute approximate surface area is 121 Å². The van der Waals surface area contributed by atoms with Crippen LogP contribution in [0.5, 0.6) is 5.75 Å². The molecule has 20 heavy (non-hydrogen) atoms. The molecule has 3 N–H and O–H groups in total. The molecule has 0 bridgehead atoms. The molecule has 2 atom stereocenters. The third-order valence-electron chi connectivity index (χ3n) is 3.36. The summed E-state index contributed by atoms with van der Waals surface area (Å²) < 4.78 is 5.62. The molecule has 0 saturated heterocycles. The number of hydrogen-bond acceptors (Lipinski definition) is 3. The van der Waals surface area contributed by atoms with Crippen LogP contribution in [0.25, 0.3) is 0 Å². The molecule has 0 spiro atoms. The van der Waals surface area contributed by atoms with Gasteiger partial charge < -0.3 is 15.8 Å². The van der Waals surface area contributed by atoms with E-state index in [2.05, 4.69) is 12.2 Å². The summed E-state index contributed by atoms with van der Waals surface area (Å²) in [5.41, 5.74) is 7.03. The fourth-order valence-corrected chi connectivity index (χ4v) is 1.80. The van der Waals surface area contributed by atoms with E-state index in [0.717, 1.165) is 30.6 Å². The van der Waals surface area contributed by atoms with E-state index in [1.165, 1.54) is 0 Å². The van der Waals surface area contributed by atoms with Crippen LogP contribution in [-0.4, -0.2) is 24.6 Å². The van der Waals surface area contributed by atoms with Crippen molar-refractivity contribution >= 4 is 5.91 Å². The first kappa shape index (κ1) is 16.5. The summed E-state index contributed by atoms with van der Waals surface area (Å²) in [6, 6.07) is 8.04. The normalized spacial score (nSPS) is 13.6. The number of carbonyl (C=O) groups is 1. The summed E-state index contributed by atoms with van der Waals surface area (Å²) in [6.45, 7) is 6.12. The minimum Gasteiger partial charge on any atom is -0.483 e. The molecule has 0 radical (unpaired) electrons. The van der Waals surface area contributed by atoms with Crippen LogP contribution in [0, 0.1) is 0 Å². The number of nitrogens with one attached hydrogen (secondary N) is 1. The number of rotatable bonds is 8. The van der Waals surface area contributed by atoms with Crippen LogP contribution in [-0.2, 0) is 11.2 Å². The van der Waals surface area contributed by atoms with Gasteiger partial charge in [-0.1, -0.05) is 32.0 Å². The van der Waals surface area contributed by atoms with E-state index in [9.17, 15) is 4.79 Å². The van der Waals surface area contributed by atoms with Gasteiger partial charge in [0.05, 0.1) is 0 Å². The quantitative estimate of drug-likeness (QED) is 0.766. The van der Waals surface area contributed by atoms with E-state index in [1.807, 2.05) is 38.1 Å². The molecule has 0 heterocycles. The lowest BCUT2D eigenvalue weighted by Gasteiger charge is -2.15. The van der Waals surface area contributed by atoms with Crippen LogP contribution in [0.3, 0.4) is 0 Å². The van der Waals surface area contributed by atoms with E-state index in [1.54, 1.807) is 0 Å². The molecular weight excluding hydrogens is 252 g/mol. The summed E-state index contributed by atoms with van der Waals surface area (Å²) in [4.78, 5) is 11.7. The van der Waals surface area contributed by atoms with Crippen LogP contribution in [0.2, 0.25) is 0 Å². The minimum atomic E-state index is -0.0889. The first-order chi connectivity index (χ1) is 9.56. The third kappa shape index (κ3) is 5.61. The van der Waals surface area contributed by atoms with E-state index >= 15 is 0 Å². The highest BCUT2D eigenvalue weighted by molar-refractivity contribution is 5.77. The summed E-state index contributed by atoms with van der Waals surface area (Å²) in [5, 5.41) is 2.88. The van der Waals surface area contributed by atoms with Crippen molar-refractivity contribution in [1.29, 1.82) is 0 Å². The number of benzene rings is 1.